The molecule has 3 heterocycles. The van der Waals surface area contributed by atoms with Crippen molar-refractivity contribution >= 4 is 11.8 Å². The van der Waals surface area contributed by atoms with Crippen LogP contribution in [0, 0.1) is 5.41 Å². The van der Waals surface area contributed by atoms with Gasteiger partial charge in [-0.25, -0.2) is 5.48 Å². The van der Waals surface area contributed by atoms with Crippen LogP contribution in [0.25, 0.3) is 0 Å². The minimum absolute atomic E-state index is 0.189. The van der Waals surface area contributed by atoms with Crippen molar-refractivity contribution in [2.75, 3.05) is 19.6 Å². The van der Waals surface area contributed by atoms with Crippen LogP contribution in [0.2, 0.25) is 0 Å². The predicted octanol–water partition coefficient (Wildman–Crippen LogP) is 1.35. The molecule has 0 aromatic carbocycles. The second-order valence-electron chi connectivity index (χ2n) is 7.91. The van der Waals surface area contributed by atoms with Gasteiger partial charge in [-0.3, -0.25) is 24.7 Å². The van der Waals surface area contributed by atoms with Crippen molar-refractivity contribution in [2.45, 2.75) is 51.6 Å². The van der Waals surface area contributed by atoms with Gasteiger partial charge in [-0.1, -0.05) is 0 Å². The first-order valence-electron chi connectivity index (χ1n) is 9.44. The van der Waals surface area contributed by atoms with E-state index in [0.717, 1.165) is 56.7 Å². The number of hydroxylamine groups is 1. The van der Waals surface area contributed by atoms with E-state index < -0.39 is 5.91 Å². The number of hydrogen-bond acceptors (Lipinski definition) is 5. The summed E-state index contributed by atoms with van der Waals surface area (Å²) in [5, 5.41) is 8.78. The van der Waals surface area contributed by atoms with Gasteiger partial charge < -0.3 is 4.90 Å². The minimum atomic E-state index is -0.516. The van der Waals surface area contributed by atoms with Crippen LogP contribution in [-0.2, 0) is 17.8 Å². The smallest absolute Gasteiger partial charge is 0.276 e. The number of likely N-dealkylation sites (tertiary alicyclic amines) is 1. The Bertz CT molecular complexity index is 727. The zero-order valence-corrected chi connectivity index (χ0v) is 15.2. The Morgan fingerprint density at radius 1 is 1.27 bits per heavy atom. The molecule has 1 aromatic rings. The van der Waals surface area contributed by atoms with Crippen molar-refractivity contribution in [3.05, 3.63) is 29.1 Å². The maximum absolute atomic E-state index is 11.6. The summed E-state index contributed by atoms with van der Waals surface area (Å²) in [6.07, 6.45) is 7.10. The first-order chi connectivity index (χ1) is 12.5. The van der Waals surface area contributed by atoms with E-state index in [2.05, 4.69) is 9.88 Å². The number of rotatable bonds is 2. The Labute approximate surface area is 153 Å². The Morgan fingerprint density at radius 3 is 2.65 bits per heavy atom. The van der Waals surface area contributed by atoms with Crippen molar-refractivity contribution in [2.24, 2.45) is 5.41 Å². The summed E-state index contributed by atoms with van der Waals surface area (Å²) in [4.78, 5) is 32.2. The first kappa shape index (κ1) is 17.4. The maximum Gasteiger partial charge on any atom is 0.276 e. The van der Waals surface area contributed by atoms with Gasteiger partial charge in [0.25, 0.3) is 5.91 Å². The largest absolute Gasteiger partial charge is 0.343 e. The quantitative estimate of drug-likeness (QED) is 0.616. The molecule has 140 valence electrons. The van der Waals surface area contributed by atoms with E-state index in [1.807, 2.05) is 11.0 Å². The molecular formula is C19H26N4O3. The summed E-state index contributed by atoms with van der Waals surface area (Å²) >= 11 is 0. The standard InChI is InChI=1S/C19H26N4O3/c1-13(24)22-8-5-19(6-9-22)4-2-17(19)23-7-3-14-10-15(18(25)21-26)11-20-16(14)12-23/h10-11,17,26H,2-9,12H2,1H3,(H,21,25). The molecule has 3 aliphatic rings. The van der Waals surface area contributed by atoms with Crippen LogP contribution in [0.5, 0.6) is 0 Å². The van der Waals surface area contributed by atoms with E-state index in [1.165, 1.54) is 19.0 Å². The molecule has 7 nitrogen and oxygen atoms in total. The number of carbonyl (C=O) groups excluding carboxylic acids is 2. The van der Waals surface area contributed by atoms with Gasteiger partial charge in [-0.2, -0.15) is 0 Å². The van der Waals surface area contributed by atoms with Gasteiger partial charge >= 0.3 is 0 Å². The fraction of sp³-hybridized carbons (Fsp3) is 0.632. The van der Waals surface area contributed by atoms with E-state index in [1.54, 1.807) is 12.4 Å². The zero-order valence-electron chi connectivity index (χ0n) is 15.2. The molecule has 7 heteroatoms. The normalized spacial score (nSPS) is 24.7. The highest BCUT2D eigenvalue weighted by atomic mass is 16.5. The topological polar surface area (TPSA) is 85.8 Å². The van der Waals surface area contributed by atoms with Crippen LogP contribution in [0.4, 0.5) is 0 Å². The first-order valence-corrected chi connectivity index (χ1v) is 9.44. The van der Waals surface area contributed by atoms with Crippen LogP contribution in [-0.4, -0.2) is 57.5 Å². The fourth-order valence-corrected chi connectivity index (χ4v) is 4.99. The van der Waals surface area contributed by atoms with Gasteiger partial charge in [0.05, 0.1) is 11.3 Å². The van der Waals surface area contributed by atoms with Crippen LogP contribution < -0.4 is 5.48 Å². The Balaban J connectivity index is 1.44. The summed E-state index contributed by atoms with van der Waals surface area (Å²) in [5.74, 6) is -0.326. The molecule has 0 bridgehead atoms. The number of pyridine rings is 1. The van der Waals surface area contributed by atoms with Crippen LogP contribution in [0.1, 0.15) is 54.2 Å². The average molecular weight is 358 g/mol. The molecule has 2 aliphatic heterocycles. The molecule has 2 amide bonds. The lowest BCUT2D eigenvalue weighted by molar-refractivity contribution is -0.135. The SMILES string of the molecule is CC(=O)N1CCC2(CCC2N2CCc3cc(C(=O)NO)cnc3C2)CC1. The molecule has 1 saturated carbocycles. The molecule has 1 aliphatic carbocycles. The number of nitrogens with zero attached hydrogens (tertiary/aromatic N) is 3. The summed E-state index contributed by atoms with van der Waals surface area (Å²) in [5.41, 5.74) is 4.56. The summed E-state index contributed by atoms with van der Waals surface area (Å²) in [6.45, 7) is 5.22. The highest BCUT2D eigenvalue weighted by Gasteiger charge is 2.51. The number of aromatic nitrogens is 1. The molecular weight excluding hydrogens is 332 g/mol. The monoisotopic (exact) mass is 358 g/mol. The van der Waals surface area contributed by atoms with E-state index in [0.29, 0.717) is 17.0 Å². The molecule has 2 N–H and O–H groups in total. The highest BCUT2D eigenvalue weighted by molar-refractivity contribution is 5.93. The molecule has 1 spiro atoms. The van der Waals surface area contributed by atoms with E-state index in [9.17, 15) is 9.59 Å². The van der Waals surface area contributed by atoms with Gasteiger partial charge in [-0.05, 0) is 49.1 Å². The van der Waals surface area contributed by atoms with Crippen LogP contribution in [0.15, 0.2) is 12.3 Å². The molecule has 1 atom stereocenters. The maximum atomic E-state index is 11.6. The lowest BCUT2D eigenvalue weighted by Crippen LogP contribution is -2.60. The number of fused-ring (bicyclic) bond motifs is 1. The van der Waals surface area contributed by atoms with Crippen molar-refractivity contribution in [3.8, 4) is 0 Å². The Hall–Kier alpha value is -1.99. The molecule has 1 saturated heterocycles. The molecule has 0 radical (unpaired) electrons. The third-order valence-corrected chi connectivity index (χ3v) is 6.71. The molecule has 2 fully saturated rings. The van der Waals surface area contributed by atoms with E-state index in [-0.39, 0.29) is 5.91 Å². The van der Waals surface area contributed by atoms with Crippen molar-refractivity contribution < 1.29 is 14.8 Å². The molecule has 1 unspecified atom stereocenters. The van der Waals surface area contributed by atoms with Gasteiger partial charge in [0, 0.05) is 45.3 Å². The molecule has 1 aromatic heterocycles. The average Bonchev–Trinajstić information content (AvgIpc) is 2.66. The number of carbonyl (C=O) groups is 2. The van der Waals surface area contributed by atoms with Crippen LogP contribution in [0.3, 0.4) is 0 Å². The van der Waals surface area contributed by atoms with E-state index in [4.69, 9.17) is 5.21 Å². The van der Waals surface area contributed by atoms with Gasteiger partial charge in [0.1, 0.15) is 0 Å². The van der Waals surface area contributed by atoms with Gasteiger partial charge in [0.15, 0.2) is 0 Å². The minimum Gasteiger partial charge on any atom is -0.343 e. The Kier molecular flexibility index (Phi) is 4.44. The molecule has 26 heavy (non-hydrogen) atoms. The number of piperidine rings is 1. The number of nitrogens with one attached hydrogen (secondary N) is 1. The van der Waals surface area contributed by atoms with Crippen molar-refractivity contribution in [3.63, 3.8) is 0 Å². The number of hydrogen-bond donors (Lipinski definition) is 2. The number of amides is 2. The lowest BCUT2D eigenvalue weighted by atomic mass is 9.58. The van der Waals surface area contributed by atoms with Crippen molar-refractivity contribution in [1.82, 2.24) is 20.3 Å². The fourth-order valence-electron chi connectivity index (χ4n) is 4.99. The summed E-state index contributed by atoms with van der Waals surface area (Å²) < 4.78 is 0. The van der Waals surface area contributed by atoms with Crippen molar-refractivity contribution in [1.29, 1.82) is 0 Å². The zero-order chi connectivity index (χ0) is 18.3. The third-order valence-electron chi connectivity index (χ3n) is 6.71. The Morgan fingerprint density at radius 2 is 2.04 bits per heavy atom. The van der Waals surface area contributed by atoms with Crippen LogP contribution >= 0.6 is 0 Å². The third kappa shape index (κ3) is 2.89. The summed E-state index contributed by atoms with van der Waals surface area (Å²) in [6, 6.07) is 2.42. The van der Waals surface area contributed by atoms with Gasteiger partial charge in [0.2, 0.25) is 5.91 Å². The molecule has 4 rings (SSSR count). The lowest BCUT2D eigenvalue weighted by Gasteiger charge is -2.58. The van der Waals surface area contributed by atoms with E-state index >= 15 is 0 Å². The second-order valence-corrected chi connectivity index (χ2v) is 7.91. The van der Waals surface area contributed by atoms with Gasteiger partial charge in [-0.15, -0.1) is 0 Å². The second kappa shape index (κ2) is 6.63. The predicted molar refractivity (Wildman–Crippen MR) is 94.5 cm³/mol. The summed E-state index contributed by atoms with van der Waals surface area (Å²) in [7, 11) is 0. The highest BCUT2D eigenvalue weighted by Crippen LogP contribution is 2.52.